The molecule has 0 atom stereocenters. The van der Waals surface area contributed by atoms with Crippen LogP contribution in [0.3, 0.4) is 0 Å². The zero-order valence-corrected chi connectivity index (χ0v) is 9.07. The summed E-state index contributed by atoms with van der Waals surface area (Å²) in [5.41, 5.74) is 1.53. The van der Waals surface area contributed by atoms with Crippen LogP contribution in [0.4, 0.5) is 5.69 Å². The highest BCUT2D eigenvalue weighted by atomic mass is 16.6. The van der Waals surface area contributed by atoms with E-state index in [0.717, 1.165) is 5.56 Å². The van der Waals surface area contributed by atoms with Gasteiger partial charge < -0.3 is 5.11 Å². The van der Waals surface area contributed by atoms with Crippen LogP contribution in [-0.2, 0) is 6.61 Å². The van der Waals surface area contributed by atoms with Gasteiger partial charge in [0.1, 0.15) is 11.4 Å². The minimum atomic E-state index is -0.477. The normalized spacial score (nSPS) is 10.5. The first-order chi connectivity index (χ1) is 8.11. The molecule has 2 aromatic rings. The third-order valence-corrected chi connectivity index (χ3v) is 2.28. The SMILES string of the molecule is Cc1ccc([N+](=O)[O-])c(-n2cc(CO)nn2)c1. The van der Waals surface area contributed by atoms with Gasteiger partial charge in [-0.2, -0.15) is 0 Å². The quantitative estimate of drug-likeness (QED) is 0.631. The zero-order chi connectivity index (χ0) is 12.4. The van der Waals surface area contributed by atoms with E-state index in [9.17, 15) is 10.1 Å². The summed E-state index contributed by atoms with van der Waals surface area (Å²) in [5.74, 6) is 0. The Labute approximate surface area is 96.5 Å². The molecule has 1 heterocycles. The monoisotopic (exact) mass is 234 g/mol. The van der Waals surface area contributed by atoms with E-state index in [1.807, 2.05) is 6.92 Å². The number of aromatic nitrogens is 3. The molecule has 0 fully saturated rings. The van der Waals surface area contributed by atoms with Crippen molar-refractivity contribution in [2.45, 2.75) is 13.5 Å². The van der Waals surface area contributed by atoms with Gasteiger partial charge in [-0.3, -0.25) is 10.1 Å². The van der Waals surface area contributed by atoms with Crippen molar-refractivity contribution < 1.29 is 10.0 Å². The van der Waals surface area contributed by atoms with Gasteiger partial charge >= 0.3 is 0 Å². The summed E-state index contributed by atoms with van der Waals surface area (Å²) < 4.78 is 1.29. The second kappa shape index (κ2) is 4.30. The molecular weight excluding hydrogens is 224 g/mol. The van der Waals surface area contributed by atoms with Gasteiger partial charge in [-0.15, -0.1) is 5.10 Å². The first-order valence-corrected chi connectivity index (χ1v) is 4.89. The number of hydrogen-bond donors (Lipinski definition) is 1. The van der Waals surface area contributed by atoms with E-state index < -0.39 is 4.92 Å². The maximum absolute atomic E-state index is 10.9. The minimum absolute atomic E-state index is 0.0509. The van der Waals surface area contributed by atoms with Crippen molar-refractivity contribution in [1.82, 2.24) is 15.0 Å². The molecule has 1 aromatic carbocycles. The maximum atomic E-state index is 10.9. The number of nitro groups is 1. The largest absolute Gasteiger partial charge is 0.390 e. The van der Waals surface area contributed by atoms with Crippen molar-refractivity contribution in [1.29, 1.82) is 0 Å². The van der Waals surface area contributed by atoms with Crippen molar-refractivity contribution in [3.63, 3.8) is 0 Å². The fourth-order valence-electron chi connectivity index (χ4n) is 1.46. The molecule has 0 aliphatic carbocycles. The van der Waals surface area contributed by atoms with Crippen LogP contribution in [0.2, 0.25) is 0 Å². The lowest BCUT2D eigenvalue weighted by Gasteiger charge is -2.02. The first kappa shape index (κ1) is 11.2. The van der Waals surface area contributed by atoms with E-state index in [4.69, 9.17) is 5.11 Å². The van der Waals surface area contributed by atoms with Crippen LogP contribution in [0.15, 0.2) is 24.4 Å². The lowest BCUT2D eigenvalue weighted by Crippen LogP contribution is -2.01. The second-order valence-electron chi connectivity index (χ2n) is 3.56. The molecule has 0 bridgehead atoms. The van der Waals surface area contributed by atoms with Gasteiger partial charge in [-0.05, 0) is 18.6 Å². The number of nitro benzene ring substituents is 1. The van der Waals surface area contributed by atoms with Crippen LogP contribution < -0.4 is 0 Å². The minimum Gasteiger partial charge on any atom is -0.390 e. The number of aliphatic hydroxyl groups excluding tert-OH is 1. The van der Waals surface area contributed by atoms with Crippen molar-refractivity contribution >= 4 is 5.69 Å². The molecule has 17 heavy (non-hydrogen) atoms. The van der Waals surface area contributed by atoms with Crippen molar-refractivity contribution in [2.24, 2.45) is 0 Å². The van der Waals surface area contributed by atoms with Crippen LogP contribution in [-0.4, -0.2) is 25.0 Å². The Morgan fingerprint density at radius 1 is 1.53 bits per heavy atom. The van der Waals surface area contributed by atoms with E-state index in [-0.39, 0.29) is 12.3 Å². The van der Waals surface area contributed by atoms with Gasteiger partial charge in [0.2, 0.25) is 0 Å². The van der Waals surface area contributed by atoms with E-state index in [0.29, 0.717) is 11.4 Å². The summed E-state index contributed by atoms with van der Waals surface area (Å²) in [7, 11) is 0. The predicted octanol–water partition coefficient (Wildman–Crippen LogP) is 0.976. The summed E-state index contributed by atoms with van der Waals surface area (Å²) in [5, 5.41) is 27.2. The number of aryl methyl sites for hydroxylation is 1. The smallest absolute Gasteiger partial charge is 0.294 e. The summed E-state index contributed by atoms with van der Waals surface area (Å²) in [6.45, 7) is 1.58. The third kappa shape index (κ3) is 2.13. The molecule has 0 saturated heterocycles. The fraction of sp³-hybridized carbons (Fsp3) is 0.200. The van der Waals surface area contributed by atoms with Gasteiger partial charge in [0, 0.05) is 6.07 Å². The Bertz CT molecular complexity index is 564. The zero-order valence-electron chi connectivity index (χ0n) is 9.07. The highest BCUT2D eigenvalue weighted by Gasteiger charge is 2.16. The molecule has 1 aromatic heterocycles. The number of hydrogen-bond acceptors (Lipinski definition) is 5. The number of aliphatic hydroxyl groups is 1. The van der Waals surface area contributed by atoms with Gasteiger partial charge in [0.15, 0.2) is 0 Å². The number of nitrogens with zero attached hydrogens (tertiary/aromatic N) is 4. The van der Waals surface area contributed by atoms with Crippen LogP contribution in [0.1, 0.15) is 11.3 Å². The standard InChI is InChI=1S/C10H10N4O3/c1-7-2-3-9(14(16)17)10(4-7)13-5-8(6-15)11-12-13/h2-5,15H,6H2,1H3. The summed E-state index contributed by atoms with van der Waals surface area (Å²) in [6, 6.07) is 4.73. The van der Waals surface area contributed by atoms with Gasteiger partial charge in [-0.1, -0.05) is 11.3 Å². The predicted molar refractivity (Wildman–Crippen MR) is 58.7 cm³/mol. The Morgan fingerprint density at radius 2 is 2.29 bits per heavy atom. The molecule has 0 aliphatic rings. The summed E-state index contributed by atoms with van der Waals surface area (Å²) in [6.07, 6.45) is 1.46. The van der Waals surface area contributed by atoms with Crippen LogP contribution in [0.5, 0.6) is 0 Å². The Balaban J connectivity index is 2.56. The highest BCUT2D eigenvalue weighted by molar-refractivity contribution is 5.53. The highest BCUT2D eigenvalue weighted by Crippen LogP contribution is 2.23. The Morgan fingerprint density at radius 3 is 2.88 bits per heavy atom. The lowest BCUT2D eigenvalue weighted by atomic mass is 10.2. The average Bonchev–Trinajstić information content (AvgIpc) is 2.76. The van der Waals surface area contributed by atoms with E-state index >= 15 is 0 Å². The topological polar surface area (TPSA) is 94.1 Å². The Kier molecular flexibility index (Phi) is 2.84. The molecule has 7 nitrogen and oxygen atoms in total. The van der Waals surface area contributed by atoms with Gasteiger partial charge in [-0.25, -0.2) is 4.68 Å². The van der Waals surface area contributed by atoms with Gasteiger partial charge in [0.05, 0.1) is 17.7 Å². The lowest BCUT2D eigenvalue weighted by molar-refractivity contribution is -0.384. The van der Waals surface area contributed by atoms with Gasteiger partial charge in [0.25, 0.3) is 5.69 Å². The van der Waals surface area contributed by atoms with E-state index in [2.05, 4.69) is 10.3 Å². The van der Waals surface area contributed by atoms with Crippen LogP contribution in [0.25, 0.3) is 5.69 Å². The molecule has 0 unspecified atom stereocenters. The maximum Gasteiger partial charge on any atom is 0.294 e. The van der Waals surface area contributed by atoms with Crippen molar-refractivity contribution in [3.8, 4) is 5.69 Å². The molecule has 88 valence electrons. The Hall–Kier alpha value is -2.28. The van der Waals surface area contributed by atoms with E-state index in [1.165, 1.54) is 16.9 Å². The van der Waals surface area contributed by atoms with Crippen LogP contribution >= 0.6 is 0 Å². The number of rotatable bonds is 3. The molecule has 0 radical (unpaired) electrons. The summed E-state index contributed by atoms with van der Waals surface area (Å²) >= 11 is 0. The second-order valence-corrected chi connectivity index (χ2v) is 3.56. The molecule has 7 heteroatoms. The molecule has 0 saturated carbocycles. The molecule has 0 aliphatic heterocycles. The molecule has 2 rings (SSSR count). The van der Waals surface area contributed by atoms with Crippen molar-refractivity contribution in [2.75, 3.05) is 0 Å². The van der Waals surface area contributed by atoms with Crippen LogP contribution in [0, 0.1) is 17.0 Å². The fourth-order valence-corrected chi connectivity index (χ4v) is 1.46. The average molecular weight is 234 g/mol. The molecule has 0 spiro atoms. The van der Waals surface area contributed by atoms with Crippen molar-refractivity contribution in [3.05, 3.63) is 45.8 Å². The third-order valence-electron chi connectivity index (χ3n) is 2.28. The molecule has 0 amide bonds. The number of benzene rings is 1. The first-order valence-electron chi connectivity index (χ1n) is 4.89. The van der Waals surface area contributed by atoms with E-state index in [1.54, 1.807) is 12.1 Å². The molecule has 1 N–H and O–H groups in total. The molecular formula is C10H10N4O3. The summed E-state index contributed by atoms with van der Waals surface area (Å²) in [4.78, 5) is 10.4.